The highest BCUT2D eigenvalue weighted by Gasteiger charge is 2.48. The van der Waals surface area contributed by atoms with E-state index in [9.17, 15) is 4.79 Å². The second-order valence-corrected chi connectivity index (χ2v) is 5.69. The molecule has 4 heteroatoms. The maximum Gasteiger partial charge on any atom is 0.326 e. The summed E-state index contributed by atoms with van der Waals surface area (Å²) in [4.78, 5) is 12.2. The molecule has 1 rings (SSSR count). The first-order chi connectivity index (χ1) is 9.71. The third-order valence-electron chi connectivity index (χ3n) is 4.37. The molecule has 1 aliphatic rings. The van der Waals surface area contributed by atoms with Crippen molar-refractivity contribution in [3.63, 3.8) is 0 Å². The Labute approximate surface area is 123 Å². The Morgan fingerprint density at radius 2 is 2.10 bits per heavy atom. The predicted molar refractivity (Wildman–Crippen MR) is 80.7 cm³/mol. The average molecular weight is 285 g/mol. The summed E-state index contributed by atoms with van der Waals surface area (Å²) in [7, 11) is 1.48. The van der Waals surface area contributed by atoms with Crippen LogP contribution in [-0.2, 0) is 14.3 Å². The van der Waals surface area contributed by atoms with Crippen molar-refractivity contribution in [3.05, 3.63) is 0 Å². The van der Waals surface area contributed by atoms with Crippen LogP contribution in [-0.4, -0.2) is 38.4 Å². The van der Waals surface area contributed by atoms with Crippen LogP contribution >= 0.6 is 0 Å². The third-order valence-corrected chi connectivity index (χ3v) is 4.37. The lowest BCUT2D eigenvalue weighted by molar-refractivity contribution is -0.150. The first-order valence-electron chi connectivity index (χ1n) is 8.12. The molecule has 1 N–H and O–H groups in total. The molecule has 0 aliphatic heterocycles. The Morgan fingerprint density at radius 3 is 2.75 bits per heavy atom. The van der Waals surface area contributed by atoms with Crippen LogP contribution in [0.1, 0.15) is 58.8 Å². The molecule has 118 valence electrons. The van der Waals surface area contributed by atoms with Crippen LogP contribution in [0.4, 0.5) is 0 Å². The zero-order valence-corrected chi connectivity index (χ0v) is 13.4. The Kier molecular flexibility index (Phi) is 8.15. The van der Waals surface area contributed by atoms with Crippen LogP contribution in [0.3, 0.4) is 0 Å². The first-order valence-corrected chi connectivity index (χ1v) is 8.12. The van der Waals surface area contributed by atoms with Crippen molar-refractivity contribution in [3.8, 4) is 0 Å². The molecule has 0 aromatic rings. The molecule has 0 saturated heterocycles. The third kappa shape index (κ3) is 4.45. The van der Waals surface area contributed by atoms with Gasteiger partial charge in [0.2, 0.25) is 0 Å². The summed E-state index contributed by atoms with van der Waals surface area (Å²) < 4.78 is 10.7. The zero-order valence-electron chi connectivity index (χ0n) is 13.4. The van der Waals surface area contributed by atoms with E-state index in [1.165, 1.54) is 20.0 Å². The molecule has 1 fully saturated rings. The van der Waals surface area contributed by atoms with Crippen molar-refractivity contribution < 1.29 is 14.3 Å². The van der Waals surface area contributed by atoms with Crippen LogP contribution in [0.2, 0.25) is 0 Å². The number of ether oxygens (including phenoxy) is 2. The van der Waals surface area contributed by atoms with Crippen molar-refractivity contribution in [1.82, 2.24) is 5.32 Å². The minimum absolute atomic E-state index is 0.104. The summed E-state index contributed by atoms with van der Waals surface area (Å²) >= 11 is 0. The van der Waals surface area contributed by atoms with Crippen LogP contribution < -0.4 is 5.32 Å². The number of unbranched alkanes of at least 4 members (excludes halogenated alkanes) is 2. The van der Waals surface area contributed by atoms with E-state index in [0.29, 0.717) is 5.92 Å². The van der Waals surface area contributed by atoms with Crippen LogP contribution in [0.15, 0.2) is 0 Å². The second kappa shape index (κ2) is 9.35. The van der Waals surface area contributed by atoms with Gasteiger partial charge in [0.1, 0.15) is 5.54 Å². The highest BCUT2D eigenvalue weighted by molar-refractivity contribution is 5.81. The first kappa shape index (κ1) is 17.4. The number of hydrogen-bond donors (Lipinski definition) is 1. The van der Waals surface area contributed by atoms with Gasteiger partial charge < -0.3 is 14.8 Å². The summed E-state index contributed by atoms with van der Waals surface area (Å²) in [6, 6.07) is 0. The van der Waals surface area contributed by atoms with Gasteiger partial charge in [-0.15, -0.1) is 0 Å². The Bertz CT molecular complexity index is 283. The molecule has 0 aromatic carbocycles. The summed E-state index contributed by atoms with van der Waals surface area (Å²) in [5.41, 5.74) is -0.476. The lowest BCUT2D eigenvalue weighted by Crippen LogP contribution is -2.55. The molecule has 0 heterocycles. The number of hydrogen-bond acceptors (Lipinski definition) is 4. The number of methoxy groups -OCH3 is 1. The number of rotatable bonds is 10. The van der Waals surface area contributed by atoms with Gasteiger partial charge in [-0.25, -0.2) is 0 Å². The molecule has 1 aliphatic carbocycles. The van der Waals surface area contributed by atoms with Gasteiger partial charge in [-0.3, -0.25) is 4.79 Å². The predicted octanol–water partition coefficient (Wildman–Crippen LogP) is 2.90. The van der Waals surface area contributed by atoms with Gasteiger partial charge in [0.25, 0.3) is 0 Å². The zero-order chi connectivity index (χ0) is 14.8. The van der Waals surface area contributed by atoms with Crippen LogP contribution in [0, 0.1) is 5.92 Å². The van der Waals surface area contributed by atoms with Gasteiger partial charge in [-0.1, -0.05) is 33.1 Å². The van der Waals surface area contributed by atoms with Gasteiger partial charge in [-0.2, -0.15) is 0 Å². The summed E-state index contributed by atoms with van der Waals surface area (Å²) in [6.45, 7) is 6.62. The highest BCUT2D eigenvalue weighted by Crippen LogP contribution is 2.38. The van der Waals surface area contributed by atoms with Crippen LogP contribution in [0.5, 0.6) is 0 Å². The van der Waals surface area contributed by atoms with E-state index >= 15 is 0 Å². The molecule has 0 aromatic heterocycles. The van der Waals surface area contributed by atoms with E-state index < -0.39 is 5.54 Å². The molecule has 0 radical (unpaired) electrons. The quantitative estimate of drug-likeness (QED) is 0.495. The smallest absolute Gasteiger partial charge is 0.326 e. The normalized spacial score (nSPS) is 25.9. The number of likely N-dealkylation sites (N-methyl/N-ethyl adjacent to an activating group) is 1. The van der Waals surface area contributed by atoms with Gasteiger partial charge >= 0.3 is 5.97 Å². The Morgan fingerprint density at radius 1 is 1.30 bits per heavy atom. The fourth-order valence-corrected chi connectivity index (χ4v) is 3.32. The fourth-order valence-electron chi connectivity index (χ4n) is 3.32. The van der Waals surface area contributed by atoms with Gasteiger partial charge in [0.05, 0.1) is 7.11 Å². The number of carbonyl (C=O) groups is 1. The lowest BCUT2D eigenvalue weighted by Gasteiger charge is -2.33. The number of nitrogens with one attached hydrogen (secondary N) is 1. The summed E-state index contributed by atoms with van der Waals surface area (Å²) in [5.74, 6) is 0.230. The largest absolute Gasteiger partial charge is 0.468 e. The second-order valence-electron chi connectivity index (χ2n) is 5.69. The van der Waals surface area contributed by atoms with E-state index in [1.807, 2.05) is 6.92 Å². The molecule has 2 atom stereocenters. The summed E-state index contributed by atoms with van der Waals surface area (Å²) in [5, 5.41) is 3.39. The van der Waals surface area contributed by atoms with Gasteiger partial charge in [-0.05, 0) is 38.1 Å². The average Bonchev–Trinajstić information content (AvgIpc) is 2.86. The highest BCUT2D eigenvalue weighted by atomic mass is 16.5. The molecule has 4 nitrogen and oxygen atoms in total. The van der Waals surface area contributed by atoms with Gasteiger partial charge in [0, 0.05) is 13.2 Å². The minimum Gasteiger partial charge on any atom is -0.468 e. The fraction of sp³-hybridized carbons (Fsp3) is 0.938. The molecule has 1 saturated carbocycles. The SMILES string of the molecule is CCCCCOCCC1CCCC1(NCC)C(=O)OC. The molecular formula is C16H31NO3. The van der Waals surface area contributed by atoms with E-state index in [0.717, 1.165) is 51.9 Å². The van der Waals surface area contributed by atoms with Gasteiger partial charge in [0.15, 0.2) is 0 Å². The van der Waals surface area contributed by atoms with Crippen molar-refractivity contribution in [2.45, 2.75) is 64.3 Å². The van der Waals surface area contributed by atoms with E-state index in [4.69, 9.17) is 9.47 Å². The van der Waals surface area contributed by atoms with E-state index in [-0.39, 0.29) is 5.97 Å². The molecule has 0 bridgehead atoms. The van der Waals surface area contributed by atoms with E-state index in [1.54, 1.807) is 0 Å². The molecule has 0 amide bonds. The van der Waals surface area contributed by atoms with E-state index in [2.05, 4.69) is 12.2 Å². The van der Waals surface area contributed by atoms with Crippen molar-refractivity contribution in [1.29, 1.82) is 0 Å². The topological polar surface area (TPSA) is 47.6 Å². The molecule has 0 spiro atoms. The monoisotopic (exact) mass is 285 g/mol. The number of esters is 1. The standard InChI is InChI=1S/C16H31NO3/c1-4-6-7-12-20-13-10-14-9-8-11-16(14,17-5-2)15(18)19-3/h14,17H,4-13H2,1-3H3. The van der Waals surface area contributed by atoms with Crippen molar-refractivity contribution in [2.24, 2.45) is 5.92 Å². The molecule has 20 heavy (non-hydrogen) atoms. The Balaban J connectivity index is 2.43. The molecular weight excluding hydrogens is 254 g/mol. The summed E-state index contributed by atoms with van der Waals surface area (Å²) in [6.07, 6.45) is 7.58. The van der Waals surface area contributed by atoms with Crippen molar-refractivity contribution in [2.75, 3.05) is 26.9 Å². The number of carbonyl (C=O) groups excluding carboxylic acids is 1. The maximum atomic E-state index is 12.2. The van der Waals surface area contributed by atoms with Crippen molar-refractivity contribution >= 4 is 5.97 Å². The Hall–Kier alpha value is -0.610. The minimum atomic E-state index is -0.476. The van der Waals surface area contributed by atoms with Crippen LogP contribution in [0.25, 0.3) is 0 Å². The molecule has 2 unspecified atom stereocenters. The maximum absolute atomic E-state index is 12.2. The lowest BCUT2D eigenvalue weighted by atomic mass is 9.84.